The molecule has 1 saturated carbocycles. The highest BCUT2D eigenvalue weighted by Crippen LogP contribution is 2.17. The van der Waals surface area contributed by atoms with Crippen LogP contribution >= 0.6 is 0 Å². The first-order valence-corrected chi connectivity index (χ1v) is 7.30. The maximum absolute atomic E-state index is 11.9. The fourth-order valence-electron chi connectivity index (χ4n) is 2.35. The lowest BCUT2D eigenvalue weighted by Gasteiger charge is -2.16. The van der Waals surface area contributed by atoms with Crippen LogP contribution in [-0.2, 0) is 14.3 Å². The standard InChI is InChI=1S/C16H21NO4/c1-11-7-8-14(20-11)9-10-15(18)21-12(2)16(19)17-13-5-3-4-6-13/h7-10,12-13H,3-6H2,1-2H3,(H,17,19). The minimum absolute atomic E-state index is 0.222. The zero-order valence-corrected chi connectivity index (χ0v) is 12.4. The summed E-state index contributed by atoms with van der Waals surface area (Å²) in [6.45, 7) is 3.40. The number of rotatable bonds is 5. The largest absolute Gasteiger partial charge is 0.462 e. The summed E-state index contributed by atoms with van der Waals surface area (Å²) in [5, 5.41) is 2.90. The molecule has 1 aliphatic rings. The molecule has 0 spiro atoms. The topological polar surface area (TPSA) is 68.5 Å². The van der Waals surface area contributed by atoms with Gasteiger partial charge in [-0.1, -0.05) is 12.8 Å². The minimum atomic E-state index is -0.791. The van der Waals surface area contributed by atoms with Crippen molar-refractivity contribution in [2.24, 2.45) is 0 Å². The van der Waals surface area contributed by atoms with E-state index >= 15 is 0 Å². The summed E-state index contributed by atoms with van der Waals surface area (Å²) in [6, 6.07) is 3.79. The normalized spacial score (nSPS) is 17.0. The quantitative estimate of drug-likeness (QED) is 0.669. The molecule has 1 atom stereocenters. The predicted octanol–water partition coefficient (Wildman–Crippen LogP) is 2.59. The number of nitrogens with one attached hydrogen (secondary N) is 1. The first-order valence-electron chi connectivity index (χ1n) is 7.30. The van der Waals surface area contributed by atoms with E-state index in [0.717, 1.165) is 31.4 Å². The monoisotopic (exact) mass is 291 g/mol. The van der Waals surface area contributed by atoms with Gasteiger partial charge >= 0.3 is 5.97 Å². The zero-order valence-electron chi connectivity index (χ0n) is 12.4. The van der Waals surface area contributed by atoms with Crippen LogP contribution in [0.5, 0.6) is 0 Å². The Balaban J connectivity index is 1.78. The minimum Gasteiger partial charge on any atom is -0.462 e. The highest BCUT2D eigenvalue weighted by molar-refractivity contribution is 5.90. The molecular weight excluding hydrogens is 270 g/mol. The zero-order chi connectivity index (χ0) is 15.2. The first-order chi connectivity index (χ1) is 10.0. The maximum atomic E-state index is 11.9. The fraction of sp³-hybridized carbons (Fsp3) is 0.500. The second kappa shape index (κ2) is 7.11. The van der Waals surface area contributed by atoms with E-state index in [0.29, 0.717) is 5.76 Å². The van der Waals surface area contributed by atoms with Crippen molar-refractivity contribution in [2.75, 3.05) is 0 Å². The number of amides is 1. The third kappa shape index (κ3) is 4.77. The Hall–Kier alpha value is -2.04. The molecule has 1 aromatic heterocycles. The molecule has 1 aromatic rings. The Morgan fingerprint density at radius 2 is 2.10 bits per heavy atom. The molecule has 0 saturated heterocycles. The van der Waals surface area contributed by atoms with Crippen molar-refractivity contribution in [3.63, 3.8) is 0 Å². The van der Waals surface area contributed by atoms with E-state index in [9.17, 15) is 9.59 Å². The number of hydrogen-bond donors (Lipinski definition) is 1. The Morgan fingerprint density at radius 1 is 1.38 bits per heavy atom. The molecule has 0 aliphatic heterocycles. The first kappa shape index (κ1) is 15.4. The molecule has 0 radical (unpaired) electrons. The lowest BCUT2D eigenvalue weighted by atomic mass is 10.2. The summed E-state index contributed by atoms with van der Waals surface area (Å²) in [7, 11) is 0. The van der Waals surface area contributed by atoms with Crippen LogP contribution in [0.3, 0.4) is 0 Å². The number of ether oxygens (including phenoxy) is 1. The van der Waals surface area contributed by atoms with Gasteiger partial charge in [-0.2, -0.15) is 0 Å². The van der Waals surface area contributed by atoms with Gasteiger partial charge in [-0.05, 0) is 44.9 Å². The molecule has 1 N–H and O–H groups in total. The molecule has 1 heterocycles. The lowest BCUT2D eigenvalue weighted by Crippen LogP contribution is -2.40. The van der Waals surface area contributed by atoms with Gasteiger partial charge in [0.25, 0.3) is 5.91 Å². The molecule has 1 fully saturated rings. The molecule has 1 amide bonds. The number of carbonyl (C=O) groups excluding carboxylic acids is 2. The van der Waals surface area contributed by atoms with Crippen molar-refractivity contribution in [1.29, 1.82) is 0 Å². The SMILES string of the molecule is Cc1ccc(C=CC(=O)OC(C)C(=O)NC2CCCC2)o1. The summed E-state index contributed by atoms with van der Waals surface area (Å²) >= 11 is 0. The molecule has 21 heavy (non-hydrogen) atoms. The Kier molecular flexibility index (Phi) is 5.20. The van der Waals surface area contributed by atoms with Crippen molar-refractivity contribution in [1.82, 2.24) is 5.32 Å². The summed E-state index contributed by atoms with van der Waals surface area (Å²) in [6.07, 6.45) is 6.29. The second-order valence-corrected chi connectivity index (χ2v) is 5.35. The van der Waals surface area contributed by atoms with Gasteiger partial charge in [0.15, 0.2) is 6.10 Å². The van der Waals surface area contributed by atoms with Crippen molar-refractivity contribution in [2.45, 2.75) is 51.7 Å². The molecule has 0 aromatic carbocycles. The van der Waals surface area contributed by atoms with E-state index in [1.54, 1.807) is 13.0 Å². The third-order valence-corrected chi connectivity index (χ3v) is 3.51. The molecule has 5 heteroatoms. The molecular formula is C16H21NO4. The van der Waals surface area contributed by atoms with Crippen LogP contribution in [0.2, 0.25) is 0 Å². The van der Waals surface area contributed by atoms with Gasteiger partial charge in [-0.25, -0.2) is 4.79 Å². The Labute approximate surface area is 124 Å². The number of esters is 1. The van der Waals surface area contributed by atoms with Crippen LogP contribution < -0.4 is 5.32 Å². The second-order valence-electron chi connectivity index (χ2n) is 5.35. The van der Waals surface area contributed by atoms with Gasteiger partial charge in [0.1, 0.15) is 11.5 Å². The van der Waals surface area contributed by atoms with E-state index in [2.05, 4.69) is 5.32 Å². The molecule has 1 aliphatic carbocycles. The van der Waals surface area contributed by atoms with Gasteiger partial charge in [0.05, 0.1) is 0 Å². The summed E-state index contributed by atoms with van der Waals surface area (Å²) in [4.78, 5) is 23.5. The van der Waals surface area contributed by atoms with Crippen LogP contribution in [0.1, 0.15) is 44.1 Å². The van der Waals surface area contributed by atoms with Crippen LogP contribution in [0, 0.1) is 6.92 Å². The smallest absolute Gasteiger partial charge is 0.331 e. The molecule has 1 unspecified atom stereocenters. The number of hydrogen-bond acceptors (Lipinski definition) is 4. The van der Waals surface area contributed by atoms with E-state index in [1.165, 1.54) is 12.2 Å². The van der Waals surface area contributed by atoms with Crippen LogP contribution in [-0.4, -0.2) is 24.0 Å². The van der Waals surface area contributed by atoms with Crippen LogP contribution in [0.4, 0.5) is 0 Å². The molecule has 2 rings (SSSR count). The summed E-state index contributed by atoms with van der Waals surface area (Å²) in [5.74, 6) is 0.551. The average molecular weight is 291 g/mol. The van der Waals surface area contributed by atoms with Crippen molar-refractivity contribution >= 4 is 18.0 Å². The third-order valence-electron chi connectivity index (χ3n) is 3.51. The van der Waals surface area contributed by atoms with Gasteiger partial charge in [-0.3, -0.25) is 4.79 Å². The van der Waals surface area contributed by atoms with E-state index in [1.807, 2.05) is 13.0 Å². The number of carbonyl (C=O) groups is 2. The predicted molar refractivity (Wildman–Crippen MR) is 78.4 cm³/mol. The molecule has 5 nitrogen and oxygen atoms in total. The lowest BCUT2D eigenvalue weighted by molar-refractivity contribution is -0.150. The summed E-state index contributed by atoms with van der Waals surface area (Å²) in [5.41, 5.74) is 0. The fourth-order valence-corrected chi connectivity index (χ4v) is 2.35. The number of furan rings is 1. The average Bonchev–Trinajstić information content (AvgIpc) is 3.08. The van der Waals surface area contributed by atoms with Gasteiger partial charge < -0.3 is 14.5 Å². The van der Waals surface area contributed by atoms with Crippen molar-refractivity contribution in [3.05, 3.63) is 29.7 Å². The summed E-state index contributed by atoms with van der Waals surface area (Å²) < 4.78 is 10.4. The van der Waals surface area contributed by atoms with Gasteiger partial charge in [-0.15, -0.1) is 0 Å². The van der Waals surface area contributed by atoms with Crippen LogP contribution in [0.15, 0.2) is 22.6 Å². The van der Waals surface area contributed by atoms with Crippen molar-refractivity contribution < 1.29 is 18.7 Å². The van der Waals surface area contributed by atoms with E-state index < -0.39 is 12.1 Å². The van der Waals surface area contributed by atoms with Gasteiger partial charge in [0.2, 0.25) is 0 Å². The van der Waals surface area contributed by atoms with E-state index in [4.69, 9.17) is 9.15 Å². The van der Waals surface area contributed by atoms with Crippen LogP contribution in [0.25, 0.3) is 6.08 Å². The van der Waals surface area contributed by atoms with Gasteiger partial charge in [0, 0.05) is 12.1 Å². The van der Waals surface area contributed by atoms with E-state index in [-0.39, 0.29) is 11.9 Å². The highest BCUT2D eigenvalue weighted by atomic mass is 16.5. The molecule has 0 bridgehead atoms. The molecule has 114 valence electrons. The number of aryl methyl sites for hydroxylation is 1. The highest BCUT2D eigenvalue weighted by Gasteiger charge is 2.22. The Morgan fingerprint density at radius 3 is 2.71 bits per heavy atom. The van der Waals surface area contributed by atoms with Crippen molar-refractivity contribution in [3.8, 4) is 0 Å². The maximum Gasteiger partial charge on any atom is 0.331 e. The Bertz CT molecular complexity index is 526.